The molecule has 1 aliphatic rings. The number of hydrogen-bond acceptors (Lipinski definition) is 8. The second kappa shape index (κ2) is 9.86. The van der Waals surface area contributed by atoms with Crippen LogP contribution in [0, 0.1) is 5.41 Å². The molecule has 1 aliphatic heterocycles. The van der Waals surface area contributed by atoms with Gasteiger partial charge in [0.05, 0.1) is 20.3 Å². The van der Waals surface area contributed by atoms with Crippen LogP contribution in [0.3, 0.4) is 0 Å². The highest BCUT2D eigenvalue weighted by Crippen LogP contribution is 2.41. The average Bonchev–Trinajstić information content (AvgIpc) is 3.34. The van der Waals surface area contributed by atoms with E-state index in [0.29, 0.717) is 41.5 Å². The van der Waals surface area contributed by atoms with Gasteiger partial charge in [-0.15, -0.1) is 0 Å². The number of benzene rings is 2. The number of nitrogens with zero attached hydrogens (tertiary/aromatic N) is 1. The van der Waals surface area contributed by atoms with E-state index in [1.165, 1.54) is 0 Å². The topological polar surface area (TPSA) is 105 Å². The fourth-order valence-electron chi connectivity index (χ4n) is 3.46. The minimum atomic E-state index is -0.638. The normalized spacial score (nSPS) is 12.3. The molecule has 4 rings (SSSR count). The lowest BCUT2D eigenvalue weighted by atomic mass is 9.96. The van der Waals surface area contributed by atoms with Gasteiger partial charge in [0, 0.05) is 16.4 Å². The summed E-state index contributed by atoms with van der Waals surface area (Å²) in [5.74, 6) is 2.40. The minimum Gasteiger partial charge on any atom is -0.493 e. The number of aromatic nitrogens is 1. The maximum Gasteiger partial charge on any atom is 0.407 e. The van der Waals surface area contributed by atoms with Gasteiger partial charge in [-0.1, -0.05) is 26.0 Å². The molecule has 34 heavy (non-hydrogen) atoms. The molecule has 0 unspecified atom stereocenters. The molecule has 2 aromatic carbocycles. The lowest BCUT2D eigenvalue weighted by molar-refractivity contribution is -0.107. The van der Waals surface area contributed by atoms with Crippen LogP contribution in [0.5, 0.6) is 23.1 Å². The van der Waals surface area contributed by atoms with Gasteiger partial charge in [0.1, 0.15) is 24.2 Å². The quantitative estimate of drug-likeness (QED) is 0.473. The van der Waals surface area contributed by atoms with E-state index in [-0.39, 0.29) is 19.9 Å². The number of carbonyl (C=O) groups excluding carboxylic acids is 2. The predicted molar refractivity (Wildman–Crippen MR) is 125 cm³/mol. The number of pyridine rings is 1. The van der Waals surface area contributed by atoms with Crippen molar-refractivity contribution in [2.45, 2.75) is 13.8 Å². The lowest BCUT2D eigenvalue weighted by Crippen LogP contribution is -2.33. The highest BCUT2D eigenvalue weighted by molar-refractivity contribution is 5.92. The molecule has 0 atom stereocenters. The fourth-order valence-corrected chi connectivity index (χ4v) is 3.46. The molecule has 1 amide bonds. The van der Waals surface area contributed by atoms with E-state index in [1.807, 2.05) is 56.3 Å². The maximum absolute atomic E-state index is 11.6. The van der Waals surface area contributed by atoms with Crippen molar-refractivity contribution < 1.29 is 33.3 Å². The van der Waals surface area contributed by atoms with Crippen LogP contribution in [0.15, 0.2) is 42.5 Å². The molecule has 3 aromatic rings. The van der Waals surface area contributed by atoms with Gasteiger partial charge in [-0.25, -0.2) is 9.78 Å². The van der Waals surface area contributed by atoms with E-state index >= 15 is 0 Å². The zero-order valence-corrected chi connectivity index (χ0v) is 19.3. The first-order valence-electron chi connectivity index (χ1n) is 10.7. The van der Waals surface area contributed by atoms with Crippen LogP contribution < -0.4 is 24.3 Å². The minimum absolute atomic E-state index is 0.0844. The Bertz CT molecular complexity index is 1210. The molecule has 0 spiro atoms. The van der Waals surface area contributed by atoms with Crippen molar-refractivity contribution in [1.29, 1.82) is 0 Å². The zero-order chi connectivity index (χ0) is 24.1. The van der Waals surface area contributed by atoms with Crippen molar-refractivity contribution in [2.75, 3.05) is 33.7 Å². The second-order valence-corrected chi connectivity index (χ2v) is 8.52. The highest BCUT2D eigenvalue weighted by atomic mass is 16.7. The molecule has 0 saturated carbocycles. The molecule has 0 fully saturated rings. The van der Waals surface area contributed by atoms with Crippen LogP contribution in [0.1, 0.15) is 13.8 Å². The number of amides is 1. The van der Waals surface area contributed by atoms with Gasteiger partial charge in [0.2, 0.25) is 12.7 Å². The van der Waals surface area contributed by atoms with E-state index in [1.54, 1.807) is 7.11 Å². The van der Waals surface area contributed by atoms with Crippen LogP contribution in [0.4, 0.5) is 4.79 Å². The number of alkyl carbamates (subject to hydrolysis) is 1. The van der Waals surface area contributed by atoms with Crippen LogP contribution in [-0.2, 0) is 9.53 Å². The standard InChI is InChI=1S/C25H26N2O7/c1-25(2,14-32-24(29)26-9-10-28)13-31-18-6-4-5-16(11-18)19-12-17-7-8-20-22(34-15-33-20)21(17)27-23(19)30-3/h4-8,10-12H,9,13-15H2,1-3H3,(H,26,29). The Morgan fingerprint density at radius 3 is 2.82 bits per heavy atom. The Balaban J connectivity index is 1.50. The number of rotatable bonds is 9. The SMILES string of the molecule is COc1nc2c3c(ccc2cc1-c1cccc(OCC(C)(C)COC(=O)NCC=O)c1)OCO3. The number of aldehydes is 1. The van der Waals surface area contributed by atoms with Crippen molar-refractivity contribution in [3.8, 4) is 34.3 Å². The zero-order valence-electron chi connectivity index (χ0n) is 19.3. The largest absolute Gasteiger partial charge is 0.493 e. The molecule has 0 saturated heterocycles. The Morgan fingerprint density at radius 1 is 1.18 bits per heavy atom. The highest BCUT2D eigenvalue weighted by Gasteiger charge is 2.23. The van der Waals surface area contributed by atoms with Crippen molar-refractivity contribution in [2.24, 2.45) is 5.41 Å². The molecule has 178 valence electrons. The number of carbonyl (C=O) groups is 2. The van der Waals surface area contributed by atoms with Gasteiger partial charge in [0.25, 0.3) is 0 Å². The van der Waals surface area contributed by atoms with E-state index in [0.717, 1.165) is 16.5 Å². The Morgan fingerprint density at radius 2 is 2.03 bits per heavy atom. The molecular weight excluding hydrogens is 440 g/mol. The summed E-state index contributed by atoms with van der Waals surface area (Å²) in [4.78, 5) is 26.6. The van der Waals surface area contributed by atoms with Gasteiger partial charge in [-0.2, -0.15) is 0 Å². The average molecular weight is 466 g/mol. The molecule has 1 aromatic heterocycles. The van der Waals surface area contributed by atoms with Gasteiger partial charge in [-0.05, 0) is 35.9 Å². The first-order valence-corrected chi connectivity index (χ1v) is 10.7. The number of hydrogen-bond donors (Lipinski definition) is 1. The number of ether oxygens (including phenoxy) is 5. The van der Waals surface area contributed by atoms with Crippen LogP contribution in [-0.4, -0.2) is 51.0 Å². The monoisotopic (exact) mass is 466 g/mol. The Kier molecular flexibility index (Phi) is 6.72. The van der Waals surface area contributed by atoms with Crippen LogP contribution >= 0.6 is 0 Å². The molecule has 1 N–H and O–H groups in total. The summed E-state index contributed by atoms with van der Waals surface area (Å²) in [5, 5.41) is 3.24. The third-order valence-corrected chi connectivity index (χ3v) is 5.18. The summed E-state index contributed by atoms with van der Waals surface area (Å²) < 4.78 is 27.8. The third-order valence-electron chi connectivity index (χ3n) is 5.18. The van der Waals surface area contributed by atoms with Crippen molar-refractivity contribution in [1.82, 2.24) is 10.3 Å². The van der Waals surface area contributed by atoms with Gasteiger partial charge in [0.15, 0.2) is 11.5 Å². The second-order valence-electron chi connectivity index (χ2n) is 8.52. The van der Waals surface area contributed by atoms with E-state index in [9.17, 15) is 9.59 Å². The molecule has 0 aliphatic carbocycles. The summed E-state index contributed by atoms with van der Waals surface area (Å²) in [5.41, 5.74) is 1.93. The van der Waals surface area contributed by atoms with Crippen molar-refractivity contribution in [3.05, 3.63) is 42.5 Å². The summed E-state index contributed by atoms with van der Waals surface area (Å²) in [7, 11) is 1.58. The Hall–Kier alpha value is -4.01. The molecule has 9 heteroatoms. The predicted octanol–water partition coefficient (Wildman–Crippen LogP) is 3.97. The summed E-state index contributed by atoms with van der Waals surface area (Å²) in [6.07, 6.45) is -0.0437. The molecule has 9 nitrogen and oxygen atoms in total. The van der Waals surface area contributed by atoms with Crippen molar-refractivity contribution in [3.63, 3.8) is 0 Å². The first kappa shape index (κ1) is 23.2. The maximum atomic E-state index is 11.6. The number of methoxy groups -OCH3 is 1. The summed E-state index contributed by atoms with van der Waals surface area (Å²) in [6, 6.07) is 13.4. The Labute approximate surface area is 196 Å². The number of nitrogens with one attached hydrogen (secondary N) is 1. The molecule has 0 radical (unpaired) electrons. The van der Waals surface area contributed by atoms with E-state index in [2.05, 4.69) is 10.3 Å². The van der Waals surface area contributed by atoms with Crippen molar-refractivity contribution >= 4 is 23.3 Å². The number of fused-ring (bicyclic) bond motifs is 3. The first-order chi connectivity index (χ1) is 16.4. The summed E-state index contributed by atoms with van der Waals surface area (Å²) >= 11 is 0. The van der Waals surface area contributed by atoms with E-state index < -0.39 is 11.5 Å². The molecular formula is C25H26N2O7. The fraction of sp³-hybridized carbons (Fsp3) is 0.320. The third kappa shape index (κ3) is 5.14. The van der Waals surface area contributed by atoms with Crippen LogP contribution in [0.25, 0.3) is 22.0 Å². The van der Waals surface area contributed by atoms with E-state index in [4.69, 9.17) is 23.7 Å². The van der Waals surface area contributed by atoms with Gasteiger partial charge in [-0.3, -0.25) is 0 Å². The van der Waals surface area contributed by atoms with Gasteiger partial charge >= 0.3 is 6.09 Å². The van der Waals surface area contributed by atoms with Crippen LogP contribution in [0.2, 0.25) is 0 Å². The summed E-state index contributed by atoms with van der Waals surface area (Å²) in [6.45, 7) is 4.38. The smallest absolute Gasteiger partial charge is 0.407 e. The molecule has 0 bridgehead atoms. The van der Waals surface area contributed by atoms with Gasteiger partial charge < -0.3 is 33.8 Å². The lowest BCUT2D eigenvalue weighted by Gasteiger charge is -2.24. The molecule has 2 heterocycles.